The van der Waals surface area contributed by atoms with E-state index in [0.717, 1.165) is 13.3 Å². The second-order valence-electron chi connectivity index (χ2n) is 7.54. The average Bonchev–Trinajstić information content (AvgIpc) is 3.41. The van der Waals surface area contributed by atoms with Crippen molar-refractivity contribution >= 4 is 29.2 Å². The van der Waals surface area contributed by atoms with Crippen molar-refractivity contribution in [3.63, 3.8) is 0 Å². The lowest BCUT2D eigenvalue weighted by molar-refractivity contribution is -0.0242. The van der Waals surface area contributed by atoms with Crippen molar-refractivity contribution in [2.75, 3.05) is 11.9 Å². The largest absolute Gasteiger partial charge is 0.470 e. The molecule has 4 rings (SSSR count). The average molecular weight is 478 g/mol. The first kappa shape index (κ1) is 22.6. The van der Waals surface area contributed by atoms with Gasteiger partial charge in [-0.2, -0.15) is 0 Å². The van der Waals surface area contributed by atoms with Crippen LogP contribution in [0.15, 0.2) is 41.6 Å². The molecule has 2 amide bonds. The van der Waals surface area contributed by atoms with Gasteiger partial charge in [0.05, 0.1) is 12.6 Å². The molecule has 0 radical (unpaired) electrons. The molecule has 3 aromatic heterocycles. The summed E-state index contributed by atoms with van der Waals surface area (Å²) in [6.45, 7) is 1.82. The number of hydrogen-bond acceptors (Lipinski definition) is 7. The number of alkyl halides is 2. The van der Waals surface area contributed by atoms with Crippen molar-refractivity contribution in [1.29, 1.82) is 0 Å². The van der Waals surface area contributed by atoms with Crippen LogP contribution in [0.2, 0.25) is 5.02 Å². The molecule has 0 spiro atoms. The highest BCUT2D eigenvalue weighted by Gasteiger charge is 2.34. The van der Waals surface area contributed by atoms with Crippen LogP contribution < -0.4 is 10.1 Å². The molecule has 0 saturated carbocycles. The van der Waals surface area contributed by atoms with Crippen LogP contribution in [0, 0.1) is 0 Å². The normalized spacial score (nSPS) is 14.2. The third-order valence-corrected chi connectivity index (χ3v) is 5.28. The fourth-order valence-electron chi connectivity index (χ4n) is 3.32. The molecule has 1 aliphatic rings. The van der Waals surface area contributed by atoms with Crippen molar-refractivity contribution in [2.24, 2.45) is 0 Å². The maximum Gasteiger partial charge on any atom is 0.278 e. The predicted octanol–water partition coefficient (Wildman–Crippen LogP) is 4.12. The summed E-state index contributed by atoms with van der Waals surface area (Å²) in [4.78, 5) is 38.9. The summed E-state index contributed by atoms with van der Waals surface area (Å²) in [5.41, 5.74) is 1.61. The molecule has 9 nitrogen and oxygen atoms in total. The minimum absolute atomic E-state index is 0.0509. The van der Waals surface area contributed by atoms with Gasteiger partial charge in [-0.1, -0.05) is 11.6 Å². The zero-order chi connectivity index (χ0) is 23.8. The van der Waals surface area contributed by atoms with Gasteiger partial charge >= 0.3 is 0 Å². The van der Waals surface area contributed by atoms with Gasteiger partial charge < -0.3 is 19.4 Å². The summed E-state index contributed by atoms with van der Waals surface area (Å²) in [6, 6.07) is 2.63. The highest BCUT2D eigenvalue weighted by atomic mass is 35.5. The first-order chi connectivity index (χ1) is 15.6. The van der Waals surface area contributed by atoms with Crippen LogP contribution in [0.3, 0.4) is 0 Å². The Kier molecular flexibility index (Phi) is 5.98. The number of amides is 2. The zero-order valence-electron chi connectivity index (χ0n) is 17.5. The second kappa shape index (κ2) is 8.74. The number of carbonyl (C=O) groups excluding carboxylic acids is 2. The lowest BCUT2D eigenvalue weighted by Gasteiger charge is -2.25. The minimum atomic E-state index is -3.03. The summed E-state index contributed by atoms with van der Waals surface area (Å²) in [7, 11) is 0. The highest BCUT2D eigenvalue weighted by Crippen LogP contribution is 2.35. The van der Waals surface area contributed by atoms with Gasteiger partial charge in [-0.05, 0) is 24.6 Å². The SMILES string of the molecule is CC(c1cnc(OCC(C)(F)F)c(Cl)c1)N1Cc2c(ccnc2NC(=O)c2cocn2)C1=O. The van der Waals surface area contributed by atoms with E-state index in [9.17, 15) is 18.4 Å². The predicted molar refractivity (Wildman–Crippen MR) is 112 cm³/mol. The Bertz CT molecular complexity index is 1200. The molecule has 3 aromatic rings. The fourth-order valence-corrected chi connectivity index (χ4v) is 3.55. The van der Waals surface area contributed by atoms with Gasteiger partial charge in [-0.3, -0.25) is 9.59 Å². The molecule has 33 heavy (non-hydrogen) atoms. The van der Waals surface area contributed by atoms with Crippen LogP contribution in [0.4, 0.5) is 14.6 Å². The molecule has 1 N–H and O–H groups in total. The van der Waals surface area contributed by atoms with Crippen LogP contribution >= 0.6 is 11.6 Å². The third-order valence-electron chi connectivity index (χ3n) is 5.01. The van der Waals surface area contributed by atoms with E-state index >= 15 is 0 Å². The van der Waals surface area contributed by atoms with E-state index in [-0.39, 0.29) is 34.9 Å². The van der Waals surface area contributed by atoms with Crippen LogP contribution in [-0.4, -0.2) is 44.2 Å². The summed E-state index contributed by atoms with van der Waals surface area (Å²) in [5.74, 6) is -3.69. The Morgan fingerprint density at radius 3 is 2.85 bits per heavy atom. The van der Waals surface area contributed by atoms with Gasteiger partial charge in [-0.15, -0.1) is 0 Å². The number of aromatic nitrogens is 3. The number of nitrogens with zero attached hydrogens (tertiary/aromatic N) is 4. The van der Waals surface area contributed by atoms with Crippen molar-refractivity contribution in [1.82, 2.24) is 19.9 Å². The second-order valence-corrected chi connectivity index (χ2v) is 7.94. The van der Waals surface area contributed by atoms with Gasteiger partial charge in [-0.25, -0.2) is 23.7 Å². The van der Waals surface area contributed by atoms with Crippen LogP contribution in [0.25, 0.3) is 0 Å². The monoisotopic (exact) mass is 477 g/mol. The van der Waals surface area contributed by atoms with E-state index in [4.69, 9.17) is 20.8 Å². The molecule has 1 aliphatic heterocycles. The number of ether oxygens (including phenoxy) is 1. The minimum Gasteiger partial charge on any atom is -0.470 e. The number of fused-ring (bicyclic) bond motifs is 1. The summed E-state index contributed by atoms with van der Waals surface area (Å²) >= 11 is 6.16. The van der Waals surface area contributed by atoms with Gasteiger partial charge in [0.25, 0.3) is 17.7 Å². The molecule has 4 heterocycles. The molecule has 0 fully saturated rings. The van der Waals surface area contributed by atoms with E-state index in [0.29, 0.717) is 16.7 Å². The number of halogens is 3. The van der Waals surface area contributed by atoms with Crippen molar-refractivity contribution < 1.29 is 27.5 Å². The Balaban J connectivity index is 1.52. The van der Waals surface area contributed by atoms with E-state index in [1.807, 2.05) is 0 Å². The Hall–Kier alpha value is -3.60. The number of carbonyl (C=O) groups is 2. The number of anilines is 1. The van der Waals surface area contributed by atoms with Crippen LogP contribution in [0.5, 0.6) is 5.88 Å². The molecule has 0 bridgehead atoms. The lowest BCUT2D eigenvalue weighted by Crippen LogP contribution is -2.27. The Labute approximate surface area is 191 Å². The molecule has 0 saturated heterocycles. The molecular weight excluding hydrogens is 460 g/mol. The van der Waals surface area contributed by atoms with Crippen molar-refractivity contribution in [3.05, 3.63) is 64.6 Å². The van der Waals surface area contributed by atoms with Crippen LogP contribution in [0.1, 0.15) is 51.9 Å². The molecule has 0 aliphatic carbocycles. The third kappa shape index (κ3) is 4.77. The number of oxazole rings is 1. The molecule has 1 unspecified atom stereocenters. The Morgan fingerprint density at radius 1 is 1.39 bits per heavy atom. The number of rotatable bonds is 7. The fraction of sp³-hybridized carbons (Fsp3) is 0.286. The maximum atomic E-state index is 13.0. The van der Waals surface area contributed by atoms with E-state index in [1.165, 1.54) is 24.7 Å². The van der Waals surface area contributed by atoms with Crippen LogP contribution in [-0.2, 0) is 6.54 Å². The lowest BCUT2D eigenvalue weighted by atomic mass is 10.1. The van der Waals surface area contributed by atoms with Gasteiger partial charge in [0.1, 0.15) is 17.1 Å². The smallest absolute Gasteiger partial charge is 0.278 e. The summed E-state index contributed by atoms with van der Waals surface area (Å²) in [6.07, 6.45) is 5.18. The van der Waals surface area contributed by atoms with E-state index in [1.54, 1.807) is 17.9 Å². The summed E-state index contributed by atoms with van der Waals surface area (Å²) < 4.78 is 35.9. The first-order valence-electron chi connectivity index (χ1n) is 9.78. The van der Waals surface area contributed by atoms with Gasteiger partial charge in [0.2, 0.25) is 5.88 Å². The number of pyridine rings is 2. The highest BCUT2D eigenvalue weighted by molar-refractivity contribution is 6.31. The zero-order valence-corrected chi connectivity index (χ0v) is 18.3. The molecular formula is C21H18ClF2N5O4. The standard InChI is InChI=1S/C21H18ClF2N5O4/c1-11(12-5-15(22)19(26-6-12)33-9-21(2,23)24)29-7-14-13(20(29)31)3-4-25-17(14)28-18(30)16-8-32-10-27-16/h3-6,8,10-11H,7,9H2,1-2H3,(H,25,28,30). The summed E-state index contributed by atoms with van der Waals surface area (Å²) in [5, 5.41) is 2.70. The molecule has 0 aromatic carbocycles. The number of hydrogen-bond donors (Lipinski definition) is 1. The van der Waals surface area contributed by atoms with Crippen molar-refractivity contribution in [2.45, 2.75) is 32.4 Å². The number of nitrogens with one attached hydrogen (secondary N) is 1. The maximum absolute atomic E-state index is 13.0. The Morgan fingerprint density at radius 2 is 2.18 bits per heavy atom. The van der Waals surface area contributed by atoms with E-state index < -0.39 is 24.5 Å². The van der Waals surface area contributed by atoms with Gasteiger partial charge in [0, 0.05) is 30.4 Å². The van der Waals surface area contributed by atoms with E-state index in [2.05, 4.69) is 20.3 Å². The van der Waals surface area contributed by atoms with Gasteiger partial charge in [0.15, 0.2) is 18.7 Å². The quantitative estimate of drug-likeness (QED) is 0.545. The molecule has 1 atom stereocenters. The van der Waals surface area contributed by atoms with Crippen molar-refractivity contribution in [3.8, 4) is 5.88 Å². The topological polar surface area (TPSA) is 110 Å². The molecule has 12 heteroatoms. The first-order valence-corrected chi connectivity index (χ1v) is 10.2. The molecule has 172 valence electrons.